The number of unbranched alkanes of at least 4 members (excludes halogenated alkanes) is 50. The van der Waals surface area contributed by atoms with E-state index < -0.39 is 0 Å². The Morgan fingerprint density at radius 2 is 0.382 bits per heavy atom. The molecule has 0 aliphatic carbocycles. The summed E-state index contributed by atoms with van der Waals surface area (Å²) in [5.74, 6) is 1.88. The van der Waals surface area contributed by atoms with E-state index in [9.17, 15) is 9.59 Å². The van der Waals surface area contributed by atoms with Gasteiger partial charge in [-0.3, -0.25) is 4.79 Å². The minimum Gasteiger partial charge on any atom is -0.300 e. The number of carbonyl (C=O) groups excluding carboxylic acids is 2. The topological polar surface area (TPSA) is 34.1 Å². The quantitative estimate of drug-likeness (QED) is 0.0569. The lowest BCUT2D eigenvalue weighted by atomic mass is 9.89. The molecule has 0 N–H and O–H groups in total. The summed E-state index contributed by atoms with van der Waals surface area (Å²) < 4.78 is 0. The number of hydrogen-bond acceptors (Lipinski definition) is 2. The van der Waals surface area contributed by atoms with Gasteiger partial charge in [0.25, 0.3) is 0 Å². The van der Waals surface area contributed by atoms with Gasteiger partial charge in [0.15, 0.2) is 0 Å². The van der Waals surface area contributed by atoms with Crippen LogP contribution in [0.15, 0.2) is 0 Å². The summed E-state index contributed by atoms with van der Waals surface area (Å²) in [5, 5.41) is 0. The van der Waals surface area contributed by atoms with E-state index in [0.29, 0.717) is 11.6 Å². The molecule has 0 spiro atoms. The van der Waals surface area contributed by atoms with Gasteiger partial charge in [0.1, 0.15) is 11.6 Å². The summed E-state index contributed by atoms with van der Waals surface area (Å²) in [6.07, 6.45) is 83.0. The molecule has 0 bridgehead atoms. The smallest absolute Gasteiger partial charge is 0.132 e. The number of Topliss-reactive ketones (excluding diaryl/α,β-unsaturated/α-hetero) is 2. The van der Waals surface area contributed by atoms with Gasteiger partial charge in [-0.2, -0.15) is 0 Å². The first-order chi connectivity index (χ1) is 33.6. The molecule has 0 saturated heterocycles. The highest BCUT2D eigenvalue weighted by Gasteiger charge is 2.09. The number of ketones is 2. The van der Waals surface area contributed by atoms with Crippen LogP contribution in [0.3, 0.4) is 0 Å². The summed E-state index contributed by atoms with van der Waals surface area (Å²) in [6.45, 7) is 6.34. The summed E-state index contributed by atoms with van der Waals surface area (Å²) in [6, 6.07) is 0. The second kappa shape index (κ2) is 60.6. The van der Waals surface area contributed by atoms with Crippen LogP contribution in [0.5, 0.6) is 0 Å². The van der Waals surface area contributed by atoms with Crippen molar-refractivity contribution < 1.29 is 9.59 Å². The summed E-state index contributed by atoms with van der Waals surface area (Å²) >= 11 is 0. The van der Waals surface area contributed by atoms with Crippen LogP contribution >= 0.6 is 0 Å². The summed E-state index contributed by atoms with van der Waals surface area (Å²) in [7, 11) is 0. The highest BCUT2D eigenvalue weighted by Crippen LogP contribution is 2.26. The highest BCUT2D eigenvalue weighted by atomic mass is 16.1. The Bertz CT molecular complexity index is 939. The molecule has 0 aliphatic rings. The fourth-order valence-electron chi connectivity index (χ4n) is 11.2. The molecule has 2 heteroatoms. The molecule has 0 heterocycles. The van der Waals surface area contributed by atoms with Crippen molar-refractivity contribution in [2.24, 2.45) is 5.92 Å². The van der Waals surface area contributed by atoms with E-state index in [0.717, 1.165) is 44.4 Å². The van der Waals surface area contributed by atoms with E-state index >= 15 is 0 Å². The Morgan fingerprint density at radius 1 is 0.221 bits per heavy atom. The lowest BCUT2D eigenvalue weighted by molar-refractivity contribution is -0.119. The van der Waals surface area contributed by atoms with Crippen LogP contribution in [0.25, 0.3) is 0 Å². The van der Waals surface area contributed by atoms with Gasteiger partial charge in [-0.1, -0.05) is 361 Å². The predicted octanol–water partition coefficient (Wildman–Crippen LogP) is 24.2. The fourth-order valence-corrected chi connectivity index (χ4v) is 11.2. The van der Waals surface area contributed by atoms with Crippen molar-refractivity contribution in [2.45, 2.75) is 406 Å². The minimum atomic E-state index is 0.355. The zero-order valence-electron chi connectivity index (χ0n) is 47.8. The van der Waals surface area contributed by atoms with Gasteiger partial charge in [-0.05, 0) is 32.1 Å². The zero-order valence-corrected chi connectivity index (χ0v) is 47.8. The molecule has 0 radical (unpaired) electrons. The Balaban J connectivity index is 3.79. The van der Waals surface area contributed by atoms with Gasteiger partial charge < -0.3 is 4.79 Å². The largest absolute Gasteiger partial charge is 0.300 e. The molecule has 0 aromatic heterocycles. The SMILES string of the molecule is CCCCCCCCCCCCCCCCCC(=O)CCCCCCCCCCCCCCCCCC(CCCCCCCCCCCCCCC)CCCCCCCCCCCCCC(C)=O. The molecule has 406 valence electrons. The maximum Gasteiger partial charge on any atom is 0.132 e. The predicted molar refractivity (Wildman–Crippen MR) is 308 cm³/mol. The van der Waals surface area contributed by atoms with Crippen LogP contribution in [-0.2, 0) is 9.59 Å². The van der Waals surface area contributed by atoms with Gasteiger partial charge in [0.05, 0.1) is 0 Å². The third-order valence-corrected chi connectivity index (χ3v) is 16.0. The molecule has 0 aromatic rings. The average molecular weight is 956 g/mol. The Kier molecular flexibility index (Phi) is 60.1. The number of hydrogen-bond donors (Lipinski definition) is 0. The van der Waals surface area contributed by atoms with E-state index in [1.807, 2.05) is 0 Å². The Labute approximate surface area is 431 Å². The van der Waals surface area contributed by atoms with Crippen molar-refractivity contribution in [3.8, 4) is 0 Å². The molecule has 1 unspecified atom stereocenters. The standard InChI is InChI=1S/C66H130O2/c1-4-6-8-10-12-14-16-18-20-25-32-38-44-50-56-62-66(68)63-57-51-45-39-33-26-22-19-21-24-30-36-42-48-54-60-65(59-53-47-41-35-29-23-17-15-13-11-9-7-5-2)61-55-49-43-37-31-27-28-34-40-46-52-58-64(3)67/h65H,4-63H2,1-3H3. The maximum atomic E-state index is 12.4. The lowest BCUT2D eigenvalue weighted by Crippen LogP contribution is -2.01. The zero-order chi connectivity index (χ0) is 49.2. The first kappa shape index (κ1) is 67.3. The lowest BCUT2D eigenvalue weighted by Gasteiger charge is -2.17. The van der Waals surface area contributed by atoms with E-state index in [1.165, 1.54) is 347 Å². The van der Waals surface area contributed by atoms with E-state index in [2.05, 4.69) is 13.8 Å². The van der Waals surface area contributed by atoms with Crippen molar-refractivity contribution in [3.63, 3.8) is 0 Å². The van der Waals surface area contributed by atoms with Crippen LogP contribution in [-0.4, -0.2) is 11.6 Å². The van der Waals surface area contributed by atoms with Crippen LogP contribution in [0.1, 0.15) is 406 Å². The minimum absolute atomic E-state index is 0.355. The Hall–Kier alpha value is -0.660. The van der Waals surface area contributed by atoms with Gasteiger partial charge in [-0.25, -0.2) is 0 Å². The van der Waals surface area contributed by atoms with Crippen molar-refractivity contribution in [1.82, 2.24) is 0 Å². The molecule has 68 heavy (non-hydrogen) atoms. The van der Waals surface area contributed by atoms with E-state index in [-0.39, 0.29) is 0 Å². The van der Waals surface area contributed by atoms with Gasteiger partial charge >= 0.3 is 0 Å². The van der Waals surface area contributed by atoms with Crippen molar-refractivity contribution in [1.29, 1.82) is 0 Å². The molecule has 1 atom stereocenters. The summed E-state index contributed by atoms with van der Waals surface area (Å²) in [4.78, 5) is 23.5. The molecule has 0 aliphatic heterocycles. The monoisotopic (exact) mass is 955 g/mol. The molecule has 2 nitrogen and oxygen atoms in total. The average Bonchev–Trinajstić information content (AvgIpc) is 3.33. The van der Waals surface area contributed by atoms with Gasteiger partial charge in [0.2, 0.25) is 0 Å². The second-order valence-corrected chi connectivity index (χ2v) is 23.1. The number of rotatable bonds is 62. The molecular weight excluding hydrogens is 825 g/mol. The molecule has 0 rings (SSSR count). The Morgan fingerprint density at radius 3 is 0.574 bits per heavy atom. The first-order valence-corrected chi connectivity index (χ1v) is 32.6. The number of carbonyl (C=O) groups is 2. The normalized spacial score (nSPS) is 12.1. The van der Waals surface area contributed by atoms with E-state index in [1.54, 1.807) is 6.92 Å². The molecule has 0 amide bonds. The van der Waals surface area contributed by atoms with Crippen LogP contribution < -0.4 is 0 Å². The van der Waals surface area contributed by atoms with Crippen LogP contribution in [0, 0.1) is 5.92 Å². The van der Waals surface area contributed by atoms with Crippen molar-refractivity contribution in [2.75, 3.05) is 0 Å². The third kappa shape index (κ3) is 59.6. The van der Waals surface area contributed by atoms with Crippen LogP contribution in [0.2, 0.25) is 0 Å². The third-order valence-electron chi connectivity index (χ3n) is 16.0. The molecule has 0 fully saturated rings. The molecular formula is C66H130O2. The summed E-state index contributed by atoms with van der Waals surface area (Å²) in [5.41, 5.74) is 0. The van der Waals surface area contributed by atoms with E-state index in [4.69, 9.17) is 0 Å². The van der Waals surface area contributed by atoms with Gasteiger partial charge in [0, 0.05) is 19.3 Å². The van der Waals surface area contributed by atoms with Gasteiger partial charge in [-0.15, -0.1) is 0 Å². The first-order valence-electron chi connectivity index (χ1n) is 32.6. The fraction of sp³-hybridized carbons (Fsp3) is 0.970. The second-order valence-electron chi connectivity index (χ2n) is 23.1. The van der Waals surface area contributed by atoms with Crippen molar-refractivity contribution in [3.05, 3.63) is 0 Å². The maximum absolute atomic E-state index is 12.4. The van der Waals surface area contributed by atoms with Crippen LogP contribution in [0.4, 0.5) is 0 Å². The molecule has 0 saturated carbocycles. The van der Waals surface area contributed by atoms with Crippen molar-refractivity contribution >= 4 is 11.6 Å². The molecule has 0 aromatic carbocycles. The highest BCUT2D eigenvalue weighted by molar-refractivity contribution is 5.78.